The smallest absolute Gasteiger partial charge is 0.300 e. The third-order valence-electron chi connectivity index (χ3n) is 5.48. The van der Waals surface area contributed by atoms with Crippen molar-refractivity contribution in [1.82, 2.24) is 0 Å². The summed E-state index contributed by atoms with van der Waals surface area (Å²) in [6.45, 7) is 1.75. The van der Waals surface area contributed by atoms with Crippen LogP contribution in [0.25, 0.3) is 5.76 Å². The highest BCUT2D eigenvalue weighted by molar-refractivity contribution is 6.51. The van der Waals surface area contributed by atoms with E-state index in [0.29, 0.717) is 16.9 Å². The largest absolute Gasteiger partial charge is 0.508 e. The van der Waals surface area contributed by atoms with Gasteiger partial charge in [-0.2, -0.15) is 0 Å². The number of amides is 1. The number of hydrogen-bond donors (Lipinski definition) is 2. The standard InChI is InChI=1S/C25H19F2NO5/c1-13-10-15(6-9-20(13)33-2)23(30)21-22(14-4-3-5-17(29)11-14)28(25(32)24(21)31)16-7-8-18(26)19(27)12-16/h3-12,22,29-30H,1-2H3/b23-21+. The van der Waals surface area contributed by atoms with Crippen LogP contribution in [0.2, 0.25) is 0 Å². The summed E-state index contributed by atoms with van der Waals surface area (Å²) >= 11 is 0. The van der Waals surface area contributed by atoms with E-state index in [1.165, 1.54) is 31.4 Å². The van der Waals surface area contributed by atoms with Crippen LogP contribution >= 0.6 is 0 Å². The number of rotatable bonds is 4. The average molecular weight is 451 g/mol. The lowest BCUT2D eigenvalue weighted by molar-refractivity contribution is -0.132. The molecule has 3 aromatic carbocycles. The van der Waals surface area contributed by atoms with Crippen LogP contribution in [0.5, 0.6) is 11.5 Å². The topological polar surface area (TPSA) is 87.1 Å². The molecule has 1 atom stereocenters. The normalized spacial score (nSPS) is 17.5. The molecule has 8 heteroatoms. The Labute approximate surface area is 188 Å². The molecule has 1 fully saturated rings. The molecule has 0 bridgehead atoms. The van der Waals surface area contributed by atoms with Crippen molar-refractivity contribution in [1.29, 1.82) is 0 Å². The second kappa shape index (κ2) is 8.38. The minimum Gasteiger partial charge on any atom is -0.508 e. The Morgan fingerprint density at radius 3 is 2.39 bits per heavy atom. The molecule has 0 radical (unpaired) electrons. The number of aliphatic hydroxyl groups excluding tert-OH is 1. The number of nitrogens with zero attached hydrogens (tertiary/aromatic N) is 1. The van der Waals surface area contributed by atoms with Gasteiger partial charge in [0.25, 0.3) is 11.7 Å². The van der Waals surface area contributed by atoms with Crippen LogP contribution in [0, 0.1) is 18.6 Å². The first-order valence-corrected chi connectivity index (χ1v) is 9.93. The van der Waals surface area contributed by atoms with E-state index in [-0.39, 0.29) is 22.6 Å². The first-order chi connectivity index (χ1) is 15.7. The van der Waals surface area contributed by atoms with E-state index in [2.05, 4.69) is 0 Å². The lowest BCUT2D eigenvalue weighted by Crippen LogP contribution is -2.29. The van der Waals surface area contributed by atoms with Crippen LogP contribution in [0.4, 0.5) is 14.5 Å². The van der Waals surface area contributed by atoms with Crippen LogP contribution in [0.3, 0.4) is 0 Å². The van der Waals surface area contributed by atoms with Crippen molar-refractivity contribution < 1.29 is 33.3 Å². The minimum atomic E-state index is -1.20. The molecule has 0 saturated carbocycles. The molecule has 168 valence electrons. The van der Waals surface area contributed by atoms with Crippen molar-refractivity contribution in [3.8, 4) is 11.5 Å². The third-order valence-corrected chi connectivity index (χ3v) is 5.48. The Bertz CT molecular complexity index is 1320. The molecule has 3 aromatic rings. The summed E-state index contributed by atoms with van der Waals surface area (Å²) in [5.41, 5.74) is 0.923. The van der Waals surface area contributed by atoms with Gasteiger partial charge in [0.1, 0.15) is 17.3 Å². The zero-order valence-corrected chi connectivity index (χ0v) is 17.7. The summed E-state index contributed by atoms with van der Waals surface area (Å²) < 4.78 is 32.7. The Balaban J connectivity index is 1.96. The number of halogens is 2. The average Bonchev–Trinajstić information content (AvgIpc) is 3.06. The molecule has 0 aliphatic carbocycles. The molecule has 6 nitrogen and oxygen atoms in total. The van der Waals surface area contributed by atoms with E-state index in [9.17, 15) is 28.6 Å². The van der Waals surface area contributed by atoms with Crippen LogP contribution in [-0.2, 0) is 9.59 Å². The number of phenolic OH excluding ortho intramolecular Hbond substituents is 1. The Morgan fingerprint density at radius 2 is 1.76 bits per heavy atom. The Hall–Kier alpha value is -4.20. The summed E-state index contributed by atoms with van der Waals surface area (Å²) in [5, 5.41) is 21.1. The van der Waals surface area contributed by atoms with Crippen LogP contribution in [-0.4, -0.2) is 29.0 Å². The highest BCUT2D eigenvalue weighted by Crippen LogP contribution is 2.43. The van der Waals surface area contributed by atoms with Crippen LogP contribution in [0.15, 0.2) is 66.2 Å². The van der Waals surface area contributed by atoms with E-state index in [0.717, 1.165) is 23.1 Å². The van der Waals surface area contributed by atoms with E-state index < -0.39 is 35.1 Å². The van der Waals surface area contributed by atoms with E-state index in [1.807, 2.05) is 0 Å². The molecule has 4 rings (SSSR count). The molecule has 1 heterocycles. The number of phenols is 1. The highest BCUT2D eigenvalue weighted by atomic mass is 19.2. The summed E-state index contributed by atoms with van der Waals surface area (Å²) in [7, 11) is 1.50. The molecule has 0 spiro atoms. The predicted molar refractivity (Wildman–Crippen MR) is 117 cm³/mol. The van der Waals surface area contributed by atoms with Gasteiger partial charge in [-0.05, 0) is 60.5 Å². The van der Waals surface area contributed by atoms with Gasteiger partial charge in [-0.1, -0.05) is 12.1 Å². The van der Waals surface area contributed by atoms with Crippen molar-refractivity contribution in [2.24, 2.45) is 0 Å². The Morgan fingerprint density at radius 1 is 1.00 bits per heavy atom. The number of carbonyl (C=O) groups excluding carboxylic acids is 2. The highest BCUT2D eigenvalue weighted by Gasteiger charge is 2.47. The fourth-order valence-electron chi connectivity index (χ4n) is 3.93. The second-order valence-electron chi connectivity index (χ2n) is 7.55. The number of aryl methyl sites for hydroxylation is 1. The van der Waals surface area contributed by atoms with Gasteiger partial charge in [0, 0.05) is 17.3 Å². The predicted octanol–water partition coefficient (Wildman–Crippen LogP) is 4.61. The monoisotopic (exact) mass is 451 g/mol. The lowest BCUT2D eigenvalue weighted by Gasteiger charge is -2.25. The molecule has 1 aliphatic rings. The number of methoxy groups -OCH3 is 1. The van der Waals surface area contributed by atoms with Gasteiger partial charge in [-0.15, -0.1) is 0 Å². The quantitative estimate of drug-likeness (QED) is 0.344. The number of Topliss-reactive ketones (excluding diaryl/α,β-unsaturated/α-hetero) is 1. The first kappa shape index (κ1) is 22.0. The van der Waals surface area contributed by atoms with Crippen molar-refractivity contribution in [3.63, 3.8) is 0 Å². The van der Waals surface area contributed by atoms with Crippen molar-refractivity contribution in [3.05, 3.63) is 94.6 Å². The number of aromatic hydroxyl groups is 1. The number of benzene rings is 3. The fraction of sp³-hybridized carbons (Fsp3) is 0.120. The number of carbonyl (C=O) groups is 2. The van der Waals surface area contributed by atoms with E-state index in [1.54, 1.807) is 25.1 Å². The summed E-state index contributed by atoms with van der Waals surface area (Å²) in [6.07, 6.45) is 0. The maximum atomic E-state index is 14.0. The Kier molecular flexibility index (Phi) is 5.59. The maximum Gasteiger partial charge on any atom is 0.300 e. The van der Waals surface area contributed by atoms with Gasteiger partial charge in [-0.25, -0.2) is 8.78 Å². The molecular formula is C25H19F2NO5. The molecule has 0 aromatic heterocycles. The fourth-order valence-corrected chi connectivity index (χ4v) is 3.93. The second-order valence-corrected chi connectivity index (χ2v) is 7.55. The van der Waals surface area contributed by atoms with Crippen molar-refractivity contribution in [2.45, 2.75) is 13.0 Å². The minimum absolute atomic E-state index is 0.0747. The molecule has 2 N–H and O–H groups in total. The number of ether oxygens (including phenoxy) is 1. The lowest BCUT2D eigenvalue weighted by atomic mass is 9.94. The SMILES string of the molecule is COc1ccc(/C(O)=C2\C(=O)C(=O)N(c3ccc(F)c(F)c3)C2c2cccc(O)c2)cc1C. The summed E-state index contributed by atoms with van der Waals surface area (Å²) in [6, 6.07) is 12.1. The molecule has 1 amide bonds. The number of hydrogen-bond acceptors (Lipinski definition) is 5. The zero-order chi connectivity index (χ0) is 23.9. The van der Waals surface area contributed by atoms with Gasteiger partial charge in [-0.3, -0.25) is 14.5 Å². The molecule has 1 unspecified atom stereocenters. The number of ketones is 1. The van der Waals surface area contributed by atoms with Crippen LogP contribution in [0.1, 0.15) is 22.7 Å². The maximum absolute atomic E-state index is 14.0. The van der Waals surface area contributed by atoms with Gasteiger partial charge in [0.05, 0.1) is 18.7 Å². The molecule has 1 saturated heterocycles. The summed E-state index contributed by atoms with van der Waals surface area (Å²) in [5.74, 6) is -4.35. The molecule has 1 aliphatic heterocycles. The molecule has 33 heavy (non-hydrogen) atoms. The van der Waals surface area contributed by atoms with Crippen LogP contribution < -0.4 is 9.64 Å². The first-order valence-electron chi connectivity index (χ1n) is 9.93. The third kappa shape index (κ3) is 3.80. The van der Waals surface area contributed by atoms with E-state index in [4.69, 9.17) is 4.74 Å². The molecular weight excluding hydrogens is 432 g/mol. The van der Waals surface area contributed by atoms with Crippen molar-refractivity contribution in [2.75, 3.05) is 12.0 Å². The van der Waals surface area contributed by atoms with Gasteiger partial charge >= 0.3 is 0 Å². The van der Waals surface area contributed by atoms with Gasteiger partial charge < -0.3 is 14.9 Å². The summed E-state index contributed by atoms with van der Waals surface area (Å²) in [4.78, 5) is 27.1. The number of anilines is 1. The zero-order valence-electron chi connectivity index (χ0n) is 17.7. The van der Waals surface area contributed by atoms with E-state index >= 15 is 0 Å². The number of aliphatic hydroxyl groups is 1. The van der Waals surface area contributed by atoms with Gasteiger partial charge in [0.15, 0.2) is 11.6 Å². The van der Waals surface area contributed by atoms with Gasteiger partial charge in [0.2, 0.25) is 0 Å². The van der Waals surface area contributed by atoms with Crippen molar-refractivity contribution >= 4 is 23.1 Å².